The molecule has 0 aliphatic heterocycles. The molecule has 3 nitrogen and oxygen atoms in total. The van der Waals surface area contributed by atoms with Crippen molar-refractivity contribution in [1.82, 2.24) is 9.78 Å². The van der Waals surface area contributed by atoms with Crippen LogP contribution in [0.15, 0.2) is 6.20 Å². The van der Waals surface area contributed by atoms with Gasteiger partial charge in [-0.25, -0.2) is 0 Å². The number of hydrogen-bond donors (Lipinski definition) is 1. The van der Waals surface area contributed by atoms with E-state index in [-0.39, 0.29) is 0 Å². The summed E-state index contributed by atoms with van der Waals surface area (Å²) in [5.74, 6) is 1.41. The molecule has 1 aromatic rings. The molecule has 0 spiro atoms. The van der Waals surface area contributed by atoms with Crippen LogP contribution >= 0.6 is 0 Å². The average molecular weight is 165 g/mol. The minimum absolute atomic E-state index is 0.698. The first-order chi connectivity index (χ1) is 5.74. The number of aryl methyl sites for hydroxylation is 1. The van der Waals surface area contributed by atoms with Gasteiger partial charge >= 0.3 is 0 Å². The van der Waals surface area contributed by atoms with E-state index in [2.05, 4.69) is 12.0 Å². The Hall–Kier alpha value is -0.830. The van der Waals surface area contributed by atoms with Gasteiger partial charge in [0.05, 0.1) is 6.20 Å². The molecular formula is C9H15N3. The first-order valence-electron chi connectivity index (χ1n) is 4.42. The highest BCUT2D eigenvalue weighted by molar-refractivity contribution is 5.27. The van der Waals surface area contributed by atoms with Gasteiger partial charge < -0.3 is 5.73 Å². The molecule has 0 radical (unpaired) electrons. The van der Waals surface area contributed by atoms with E-state index in [0.717, 1.165) is 6.54 Å². The van der Waals surface area contributed by atoms with Crippen molar-refractivity contribution in [3.8, 4) is 0 Å². The molecule has 66 valence electrons. The quantitative estimate of drug-likeness (QED) is 0.704. The van der Waals surface area contributed by atoms with E-state index in [0.29, 0.717) is 11.8 Å². The van der Waals surface area contributed by atoms with Crippen molar-refractivity contribution in [2.45, 2.75) is 19.3 Å². The molecule has 3 heteroatoms. The smallest absolute Gasteiger partial charge is 0.0527 e. The maximum atomic E-state index is 5.59. The molecule has 12 heavy (non-hydrogen) atoms. The third-order valence-electron chi connectivity index (χ3n) is 2.90. The molecule has 1 aromatic heterocycles. The monoisotopic (exact) mass is 165 g/mol. The van der Waals surface area contributed by atoms with E-state index in [4.69, 9.17) is 5.73 Å². The van der Waals surface area contributed by atoms with E-state index in [1.54, 1.807) is 0 Å². The summed E-state index contributed by atoms with van der Waals surface area (Å²) in [7, 11) is 1.98. The number of nitrogens with zero attached hydrogens (tertiary/aromatic N) is 2. The van der Waals surface area contributed by atoms with Crippen LogP contribution in [0, 0.1) is 12.8 Å². The fourth-order valence-corrected chi connectivity index (χ4v) is 1.77. The Labute approximate surface area is 72.6 Å². The lowest BCUT2D eigenvalue weighted by Gasteiger charge is -1.97. The second-order valence-corrected chi connectivity index (χ2v) is 3.65. The lowest BCUT2D eigenvalue weighted by Crippen LogP contribution is -2.02. The van der Waals surface area contributed by atoms with Gasteiger partial charge in [-0.1, -0.05) is 0 Å². The van der Waals surface area contributed by atoms with Gasteiger partial charge in [-0.3, -0.25) is 4.68 Å². The van der Waals surface area contributed by atoms with E-state index < -0.39 is 0 Å². The molecule has 1 aliphatic carbocycles. The fraction of sp³-hybridized carbons (Fsp3) is 0.667. The molecule has 0 aromatic carbocycles. The molecule has 0 unspecified atom stereocenters. The van der Waals surface area contributed by atoms with Crippen LogP contribution in [0.5, 0.6) is 0 Å². The molecule has 1 fully saturated rings. The predicted molar refractivity (Wildman–Crippen MR) is 47.8 cm³/mol. The second-order valence-electron chi connectivity index (χ2n) is 3.65. The first-order valence-corrected chi connectivity index (χ1v) is 4.42. The van der Waals surface area contributed by atoms with Crippen molar-refractivity contribution in [2.75, 3.05) is 6.54 Å². The molecule has 2 atom stereocenters. The Kier molecular flexibility index (Phi) is 1.68. The van der Waals surface area contributed by atoms with Crippen LogP contribution in [0.3, 0.4) is 0 Å². The van der Waals surface area contributed by atoms with Gasteiger partial charge in [0.25, 0.3) is 0 Å². The van der Waals surface area contributed by atoms with Crippen LogP contribution in [-0.4, -0.2) is 16.3 Å². The van der Waals surface area contributed by atoms with Crippen LogP contribution in [0.2, 0.25) is 0 Å². The Morgan fingerprint density at radius 1 is 1.75 bits per heavy atom. The van der Waals surface area contributed by atoms with Crippen LogP contribution in [0.25, 0.3) is 0 Å². The number of hydrogen-bond acceptors (Lipinski definition) is 2. The Bertz CT molecular complexity index is 290. The normalized spacial score (nSPS) is 27.6. The summed E-state index contributed by atoms with van der Waals surface area (Å²) < 4.78 is 1.93. The molecule has 0 saturated heterocycles. The Morgan fingerprint density at radius 3 is 2.92 bits per heavy atom. The molecular weight excluding hydrogens is 150 g/mol. The maximum absolute atomic E-state index is 5.59. The topological polar surface area (TPSA) is 43.8 Å². The highest BCUT2D eigenvalue weighted by Crippen LogP contribution is 2.47. The lowest BCUT2D eigenvalue weighted by atomic mass is 10.1. The SMILES string of the molecule is Cc1c([C@@H]2C[C@H]2CN)cnn1C. The summed E-state index contributed by atoms with van der Waals surface area (Å²) in [6.45, 7) is 2.94. The average Bonchev–Trinajstić information content (AvgIpc) is 2.77. The molecule has 2 N–H and O–H groups in total. The zero-order valence-electron chi connectivity index (χ0n) is 7.62. The zero-order valence-corrected chi connectivity index (χ0v) is 7.62. The number of nitrogens with two attached hydrogens (primary N) is 1. The van der Waals surface area contributed by atoms with E-state index >= 15 is 0 Å². The minimum Gasteiger partial charge on any atom is -0.330 e. The third-order valence-corrected chi connectivity index (χ3v) is 2.90. The molecule has 1 saturated carbocycles. The maximum Gasteiger partial charge on any atom is 0.0527 e. The van der Waals surface area contributed by atoms with Crippen molar-refractivity contribution in [3.05, 3.63) is 17.5 Å². The van der Waals surface area contributed by atoms with Gasteiger partial charge in [0.15, 0.2) is 0 Å². The van der Waals surface area contributed by atoms with Gasteiger partial charge in [-0.2, -0.15) is 5.10 Å². The van der Waals surface area contributed by atoms with Gasteiger partial charge in [0, 0.05) is 12.7 Å². The summed E-state index contributed by atoms with van der Waals surface area (Å²) >= 11 is 0. The fourth-order valence-electron chi connectivity index (χ4n) is 1.77. The summed E-state index contributed by atoms with van der Waals surface area (Å²) in [6.07, 6.45) is 3.23. The van der Waals surface area contributed by atoms with Crippen LogP contribution in [0.4, 0.5) is 0 Å². The summed E-state index contributed by atoms with van der Waals surface area (Å²) in [4.78, 5) is 0. The van der Waals surface area contributed by atoms with Crippen molar-refractivity contribution in [1.29, 1.82) is 0 Å². The van der Waals surface area contributed by atoms with Crippen LogP contribution < -0.4 is 5.73 Å². The highest BCUT2D eigenvalue weighted by Gasteiger charge is 2.38. The number of rotatable bonds is 2. The Morgan fingerprint density at radius 2 is 2.50 bits per heavy atom. The summed E-state index contributed by atoms with van der Waals surface area (Å²) in [5, 5.41) is 4.22. The molecule has 1 aliphatic rings. The molecule has 1 heterocycles. The van der Waals surface area contributed by atoms with Crippen molar-refractivity contribution < 1.29 is 0 Å². The largest absolute Gasteiger partial charge is 0.330 e. The summed E-state index contributed by atoms with van der Waals surface area (Å²) in [6, 6.07) is 0. The molecule has 0 amide bonds. The lowest BCUT2D eigenvalue weighted by molar-refractivity contribution is 0.735. The minimum atomic E-state index is 0.698. The van der Waals surface area contributed by atoms with Gasteiger partial charge in [-0.15, -0.1) is 0 Å². The van der Waals surface area contributed by atoms with Gasteiger partial charge in [0.2, 0.25) is 0 Å². The summed E-state index contributed by atoms with van der Waals surface area (Å²) in [5.41, 5.74) is 8.28. The Balaban J connectivity index is 2.20. The third kappa shape index (κ3) is 1.05. The molecule has 2 rings (SSSR count). The standard InChI is InChI=1S/C9H15N3/c1-6-9(5-11-12(6)2)8-3-7(8)4-10/h5,7-8H,3-4,10H2,1-2H3/t7-,8+/m0/s1. The predicted octanol–water partition coefficient (Wildman–Crippen LogP) is 0.791. The van der Waals surface area contributed by atoms with Crippen LogP contribution in [0.1, 0.15) is 23.6 Å². The van der Waals surface area contributed by atoms with Gasteiger partial charge in [-0.05, 0) is 37.3 Å². The van der Waals surface area contributed by atoms with E-state index in [1.807, 2.05) is 17.9 Å². The first kappa shape index (κ1) is 7.80. The van der Waals surface area contributed by atoms with Gasteiger partial charge in [0.1, 0.15) is 0 Å². The van der Waals surface area contributed by atoms with Crippen molar-refractivity contribution >= 4 is 0 Å². The zero-order chi connectivity index (χ0) is 8.72. The highest BCUT2D eigenvalue weighted by atomic mass is 15.3. The van der Waals surface area contributed by atoms with E-state index in [9.17, 15) is 0 Å². The number of aromatic nitrogens is 2. The van der Waals surface area contributed by atoms with E-state index in [1.165, 1.54) is 17.7 Å². The molecule has 0 bridgehead atoms. The van der Waals surface area contributed by atoms with Crippen LogP contribution in [-0.2, 0) is 7.05 Å². The van der Waals surface area contributed by atoms with Crippen molar-refractivity contribution in [2.24, 2.45) is 18.7 Å². The van der Waals surface area contributed by atoms with Crippen molar-refractivity contribution in [3.63, 3.8) is 0 Å². The second kappa shape index (κ2) is 2.59.